The summed E-state index contributed by atoms with van der Waals surface area (Å²) in [5.74, 6) is 0.418. The van der Waals surface area contributed by atoms with Crippen LogP contribution in [-0.2, 0) is 9.59 Å². The van der Waals surface area contributed by atoms with Gasteiger partial charge in [0, 0.05) is 10.7 Å². The van der Waals surface area contributed by atoms with Crippen molar-refractivity contribution in [1.29, 1.82) is 0 Å². The Morgan fingerprint density at radius 1 is 1.08 bits per heavy atom. The van der Waals surface area contributed by atoms with Crippen molar-refractivity contribution in [1.82, 2.24) is 0 Å². The van der Waals surface area contributed by atoms with E-state index in [9.17, 15) is 9.59 Å². The van der Waals surface area contributed by atoms with Gasteiger partial charge in [-0.25, -0.2) is 0 Å². The Balaban J connectivity index is 1.47. The molecule has 0 bridgehead atoms. The van der Waals surface area contributed by atoms with Crippen molar-refractivity contribution in [3.8, 4) is 11.5 Å². The lowest BCUT2D eigenvalue weighted by Crippen LogP contribution is -2.27. The van der Waals surface area contributed by atoms with E-state index in [-0.39, 0.29) is 18.4 Å². The smallest absolute Gasteiger partial charge is 0.270 e. The summed E-state index contributed by atoms with van der Waals surface area (Å²) in [7, 11) is 0. The number of ether oxygens (including phenoxy) is 2. The number of thiocarbonyl (C=S) groups is 1. The topological polar surface area (TPSA) is 67.9 Å². The Morgan fingerprint density at radius 2 is 1.86 bits per heavy atom. The number of hydrogen-bond acceptors (Lipinski definition) is 6. The lowest BCUT2D eigenvalue weighted by molar-refractivity contribution is -0.118. The molecule has 2 amide bonds. The number of halogens is 1. The lowest BCUT2D eigenvalue weighted by atomic mass is 10.1. The van der Waals surface area contributed by atoms with Gasteiger partial charge in [-0.1, -0.05) is 53.8 Å². The minimum absolute atomic E-state index is 0.173. The summed E-state index contributed by atoms with van der Waals surface area (Å²) in [6.45, 7) is 4.05. The van der Waals surface area contributed by atoms with Gasteiger partial charge < -0.3 is 14.8 Å². The monoisotopic (exact) mass is 538 g/mol. The Hall–Kier alpha value is -3.33. The van der Waals surface area contributed by atoms with Crippen LogP contribution in [0.15, 0.2) is 71.6 Å². The molecule has 0 aliphatic carbocycles. The van der Waals surface area contributed by atoms with E-state index in [0.717, 1.165) is 11.1 Å². The molecule has 1 N–H and O–H groups in total. The van der Waals surface area contributed by atoms with Crippen molar-refractivity contribution in [3.05, 3.63) is 87.8 Å². The van der Waals surface area contributed by atoms with Crippen LogP contribution < -0.4 is 19.7 Å². The first-order valence-electron chi connectivity index (χ1n) is 11.1. The SMILES string of the molecule is CCOc1cc(/C=C2\SC(=S)N(c3ccc(Cl)cc3)C2=O)ccc1OCC(=O)Nc1cccc(C)c1. The molecule has 184 valence electrons. The molecule has 0 atom stereocenters. The molecule has 1 aliphatic heterocycles. The van der Waals surface area contributed by atoms with Crippen LogP contribution in [0.3, 0.4) is 0 Å². The van der Waals surface area contributed by atoms with Gasteiger partial charge in [0.1, 0.15) is 0 Å². The third-order valence-corrected chi connectivity index (χ3v) is 6.66. The van der Waals surface area contributed by atoms with Crippen LogP contribution >= 0.6 is 35.6 Å². The average molecular weight is 539 g/mol. The number of hydrogen-bond donors (Lipinski definition) is 1. The molecule has 3 aromatic rings. The van der Waals surface area contributed by atoms with Crippen LogP contribution in [0.1, 0.15) is 18.1 Å². The normalized spacial score (nSPS) is 14.3. The first-order chi connectivity index (χ1) is 17.3. The Kier molecular flexibility index (Phi) is 8.30. The van der Waals surface area contributed by atoms with E-state index < -0.39 is 0 Å². The van der Waals surface area contributed by atoms with E-state index in [1.54, 1.807) is 48.5 Å². The Bertz CT molecular complexity index is 1340. The summed E-state index contributed by atoms with van der Waals surface area (Å²) >= 11 is 12.6. The summed E-state index contributed by atoms with van der Waals surface area (Å²) in [4.78, 5) is 27.4. The predicted octanol–water partition coefficient (Wildman–Crippen LogP) is 6.47. The summed E-state index contributed by atoms with van der Waals surface area (Å²) in [6.07, 6.45) is 1.76. The van der Waals surface area contributed by atoms with Gasteiger partial charge in [-0.05, 0) is 79.6 Å². The van der Waals surface area contributed by atoms with Crippen molar-refractivity contribution in [2.75, 3.05) is 23.4 Å². The van der Waals surface area contributed by atoms with Crippen LogP contribution in [0.2, 0.25) is 5.02 Å². The van der Waals surface area contributed by atoms with Crippen LogP contribution in [0.5, 0.6) is 11.5 Å². The van der Waals surface area contributed by atoms with E-state index in [2.05, 4.69) is 5.32 Å². The first-order valence-corrected chi connectivity index (χ1v) is 12.7. The van der Waals surface area contributed by atoms with Gasteiger partial charge in [0.05, 0.1) is 17.2 Å². The van der Waals surface area contributed by atoms with Gasteiger partial charge in [0.15, 0.2) is 22.4 Å². The average Bonchev–Trinajstić information content (AvgIpc) is 3.12. The third-order valence-electron chi connectivity index (χ3n) is 5.10. The van der Waals surface area contributed by atoms with Crippen LogP contribution in [0, 0.1) is 6.92 Å². The minimum atomic E-state index is -0.280. The zero-order valence-electron chi connectivity index (χ0n) is 19.6. The fraction of sp³-hybridized carbons (Fsp3) is 0.148. The fourth-order valence-electron chi connectivity index (χ4n) is 3.50. The molecule has 1 heterocycles. The van der Waals surface area contributed by atoms with E-state index in [1.165, 1.54) is 16.7 Å². The number of thioether (sulfide) groups is 1. The van der Waals surface area contributed by atoms with Crippen LogP contribution in [0.4, 0.5) is 11.4 Å². The molecular formula is C27H23ClN2O4S2. The van der Waals surface area contributed by atoms with E-state index in [0.29, 0.717) is 43.7 Å². The number of carbonyl (C=O) groups excluding carboxylic acids is 2. The zero-order valence-corrected chi connectivity index (χ0v) is 22.0. The number of nitrogens with one attached hydrogen (secondary N) is 1. The predicted molar refractivity (Wildman–Crippen MR) is 150 cm³/mol. The van der Waals surface area contributed by atoms with Crippen molar-refractivity contribution < 1.29 is 19.1 Å². The first kappa shape index (κ1) is 25.8. The van der Waals surface area contributed by atoms with E-state index >= 15 is 0 Å². The highest BCUT2D eigenvalue weighted by molar-refractivity contribution is 8.27. The maximum absolute atomic E-state index is 13.0. The summed E-state index contributed by atoms with van der Waals surface area (Å²) < 4.78 is 11.9. The zero-order chi connectivity index (χ0) is 25.7. The molecule has 1 fully saturated rings. The number of benzene rings is 3. The van der Waals surface area contributed by atoms with Crippen molar-refractivity contribution in [3.63, 3.8) is 0 Å². The van der Waals surface area contributed by atoms with Gasteiger partial charge >= 0.3 is 0 Å². The minimum Gasteiger partial charge on any atom is -0.490 e. The second kappa shape index (κ2) is 11.6. The number of anilines is 2. The molecule has 9 heteroatoms. The molecule has 36 heavy (non-hydrogen) atoms. The molecule has 6 nitrogen and oxygen atoms in total. The molecule has 4 rings (SSSR count). The van der Waals surface area contributed by atoms with Gasteiger partial charge in [-0.2, -0.15) is 0 Å². The van der Waals surface area contributed by atoms with Gasteiger partial charge in [-0.15, -0.1) is 0 Å². The number of amides is 2. The van der Waals surface area contributed by atoms with Crippen LogP contribution in [0.25, 0.3) is 6.08 Å². The third kappa shape index (κ3) is 6.26. The maximum Gasteiger partial charge on any atom is 0.270 e. The molecule has 0 radical (unpaired) electrons. The molecule has 1 saturated heterocycles. The van der Waals surface area contributed by atoms with E-state index in [4.69, 9.17) is 33.3 Å². The molecule has 1 aliphatic rings. The fourth-order valence-corrected chi connectivity index (χ4v) is 4.92. The van der Waals surface area contributed by atoms with Gasteiger partial charge in [0.2, 0.25) is 0 Å². The summed E-state index contributed by atoms with van der Waals surface area (Å²) in [6, 6.07) is 19.8. The molecule has 3 aromatic carbocycles. The highest BCUT2D eigenvalue weighted by Crippen LogP contribution is 2.37. The van der Waals surface area contributed by atoms with Crippen molar-refractivity contribution >= 4 is 69.2 Å². The lowest BCUT2D eigenvalue weighted by Gasteiger charge is -2.14. The standard InChI is InChI=1S/C27H23ClN2O4S2/c1-3-33-23-14-18(7-12-22(23)34-16-25(31)29-20-6-4-5-17(2)13-20)15-24-26(32)30(27(35)36-24)21-10-8-19(28)9-11-21/h4-15H,3,16H2,1-2H3,(H,29,31)/b24-15-. The number of aryl methyl sites for hydroxylation is 1. The molecular weight excluding hydrogens is 516 g/mol. The Labute approximate surface area is 224 Å². The maximum atomic E-state index is 13.0. The molecule has 0 saturated carbocycles. The molecule has 0 aromatic heterocycles. The van der Waals surface area contributed by atoms with Crippen molar-refractivity contribution in [2.45, 2.75) is 13.8 Å². The largest absolute Gasteiger partial charge is 0.490 e. The highest BCUT2D eigenvalue weighted by atomic mass is 35.5. The second-order valence-corrected chi connectivity index (χ2v) is 9.95. The second-order valence-electron chi connectivity index (χ2n) is 7.84. The highest BCUT2D eigenvalue weighted by Gasteiger charge is 2.33. The number of carbonyl (C=O) groups is 2. The molecule has 0 spiro atoms. The number of rotatable bonds is 8. The Morgan fingerprint density at radius 3 is 2.58 bits per heavy atom. The summed E-state index contributed by atoms with van der Waals surface area (Å²) in [5, 5.41) is 3.40. The quantitative estimate of drug-likeness (QED) is 0.262. The van der Waals surface area contributed by atoms with Crippen LogP contribution in [-0.4, -0.2) is 29.3 Å². The van der Waals surface area contributed by atoms with Gasteiger partial charge in [0.25, 0.3) is 11.8 Å². The van der Waals surface area contributed by atoms with E-state index in [1.807, 2.05) is 38.1 Å². The number of nitrogens with zero attached hydrogens (tertiary/aromatic N) is 1. The summed E-state index contributed by atoms with van der Waals surface area (Å²) in [5.41, 5.74) is 3.16. The van der Waals surface area contributed by atoms with Gasteiger partial charge in [-0.3, -0.25) is 14.5 Å². The molecule has 0 unspecified atom stereocenters. The van der Waals surface area contributed by atoms with Crippen molar-refractivity contribution in [2.24, 2.45) is 0 Å².